The molecule has 1 aromatic rings. The number of amidine groups is 1. The van der Waals surface area contributed by atoms with Crippen LogP contribution >= 0.6 is 23.1 Å². The first kappa shape index (κ1) is 10.1. The second kappa shape index (κ2) is 4.84. The third kappa shape index (κ3) is 2.51. The van der Waals surface area contributed by atoms with Gasteiger partial charge in [0.05, 0.1) is 6.54 Å². The van der Waals surface area contributed by atoms with Gasteiger partial charge in [0.25, 0.3) is 0 Å². The van der Waals surface area contributed by atoms with Crippen LogP contribution < -0.4 is 5.32 Å². The predicted molar refractivity (Wildman–Crippen MR) is 65.1 cm³/mol. The largest absolute Gasteiger partial charge is 0.361 e. The summed E-state index contributed by atoms with van der Waals surface area (Å²) in [5, 5.41) is 9.45. The highest BCUT2D eigenvalue weighted by molar-refractivity contribution is 8.14. The Hall–Kier alpha value is -0.480. The number of nitrogens with one attached hydrogen (secondary N) is 1. The summed E-state index contributed by atoms with van der Waals surface area (Å²) in [5.41, 5.74) is 1.35. The summed E-state index contributed by atoms with van der Waals surface area (Å²) in [6.45, 7) is 4.11. The zero-order chi connectivity index (χ0) is 9.80. The van der Waals surface area contributed by atoms with E-state index in [1.165, 1.54) is 12.0 Å². The van der Waals surface area contributed by atoms with Crippen LogP contribution in [0.1, 0.15) is 18.9 Å². The molecule has 0 radical (unpaired) electrons. The van der Waals surface area contributed by atoms with E-state index in [2.05, 4.69) is 34.1 Å². The maximum absolute atomic E-state index is 4.46. The molecule has 0 fully saturated rings. The quantitative estimate of drug-likeness (QED) is 0.857. The van der Waals surface area contributed by atoms with Crippen molar-refractivity contribution in [1.82, 2.24) is 5.32 Å². The maximum atomic E-state index is 4.46. The molecule has 2 rings (SSSR count). The van der Waals surface area contributed by atoms with Crippen LogP contribution in [0.5, 0.6) is 0 Å². The van der Waals surface area contributed by atoms with Gasteiger partial charge in [-0.3, -0.25) is 4.99 Å². The molecule has 1 N–H and O–H groups in total. The Morgan fingerprint density at radius 2 is 2.57 bits per heavy atom. The van der Waals surface area contributed by atoms with Crippen molar-refractivity contribution in [2.24, 2.45) is 4.99 Å². The molecule has 1 aliphatic rings. The van der Waals surface area contributed by atoms with Gasteiger partial charge in [-0.25, -0.2) is 0 Å². The fraction of sp³-hybridized carbons (Fsp3) is 0.500. The molecule has 1 aliphatic heterocycles. The molecule has 2 nitrogen and oxygen atoms in total. The second-order valence-electron chi connectivity index (χ2n) is 3.28. The standard InChI is InChI=1S/C10H14N2S2/c1-2-9-6-12-10(14-9)11-5-8-3-4-13-7-8/h3-4,7,9H,2,5-6H2,1H3,(H,11,12). The van der Waals surface area contributed by atoms with Crippen LogP contribution in [0.4, 0.5) is 0 Å². The normalized spacial score (nSPS) is 20.9. The van der Waals surface area contributed by atoms with Crippen LogP contribution in [0, 0.1) is 0 Å². The maximum Gasteiger partial charge on any atom is 0.157 e. The van der Waals surface area contributed by atoms with Crippen molar-refractivity contribution >= 4 is 28.3 Å². The van der Waals surface area contributed by atoms with Gasteiger partial charge in [-0.1, -0.05) is 18.7 Å². The van der Waals surface area contributed by atoms with Crippen molar-refractivity contribution in [3.8, 4) is 0 Å². The zero-order valence-electron chi connectivity index (χ0n) is 8.19. The second-order valence-corrected chi connectivity index (χ2v) is 5.35. The van der Waals surface area contributed by atoms with Crippen LogP contribution in [-0.2, 0) is 6.54 Å². The average molecular weight is 226 g/mol. The van der Waals surface area contributed by atoms with Gasteiger partial charge in [-0.15, -0.1) is 0 Å². The minimum Gasteiger partial charge on any atom is -0.361 e. The van der Waals surface area contributed by atoms with Gasteiger partial charge < -0.3 is 5.32 Å². The Kier molecular flexibility index (Phi) is 3.48. The molecule has 0 saturated carbocycles. The molecule has 4 heteroatoms. The number of hydrogen-bond acceptors (Lipinski definition) is 4. The summed E-state index contributed by atoms with van der Waals surface area (Å²) >= 11 is 3.62. The predicted octanol–water partition coefficient (Wildman–Crippen LogP) is 2.72. The van der Waals surface area contributed by atoms with E-state index in [1.54, 1.807) is 11.3 Å². The summed E-state index contributed by atoms with van der Waals surface area (Å²) in [4.78, 5) is 4.46. The molecule has 0 saturated heterocycles. The summed E-state index contributed by atoms with van der Waals surface area (Å²) in [5.74, 6) is 0. The molecule has 1 unspecified atom stereocenters. The lowest BCUT2D eigenvalue weighted by Crippen LogP contribution is -2.18. The monoisotopic (exact) mass is 226 g/mol. The Morgan fingerprint density at radius 1 is 1.64 bits per heavy atom. The Morgan fingerprint density at radius 3 is 3.21 bits per heavy atom. The number of thiophene rings is 1. The number of nitrogens with zero attached hydrogens (tertiary/aromatic N) is 1. The molecule has 0 bridgehead atoms. The van der Waals surface area contributed by atoms with Crippen molar-refractivity contribution in [2.75, 3.05) is 6.54 Å². The molecule has 0 amide bonds. The minimum atomic E-state index is 0.694. The highest BCUT2D eigenvalue weighted by Crippen LogP contribution is 2.22. The molecule has 0 aliphatic carbocycles. The Bertz CT molecular complexity index is 306. The Labute approximate surface area is 92.8 Å². The van der Waals surface area contributed by atoms with Gasteiger partial charge in [-0.05, 0) is 28.8 Å². The summed E-state index contributed by atoms with van der Waals surface area (Å²) in [7, 11) is 0. The lowest BCUT2D eigenvalue weighted by Gasteiger charge is -2.05. The molecule has 14 heavy (non-hydrogen) atoms. The molecule has 1 aromatic heterocycles. The van der Waals surface area contributed by atoms with Crippen molar-refractivity contribution < 1.29 is 0 Å². The lowest BCUT2D eigenvalue weighted by atomic mass is 10.3. The highest BCUT2D eigenvalue weighted by atomic mass is 32.2. The topological polar surface area (TPSA) is 24.4 Å². The van der Waals surface area contributed by atoms with E-state index >= 15 is 0 Å². The van der Waals surface area contributed by atoms with Gasteiger partial charge in [0, 0.05) is 11.8 Å². The van der Waals surface area contributed by atoms with E-state index in [1.807, 2.05) is 11.8 Å². The first-order chi connectivity index (χ1) is 6.88. The van der Waals surface area contributed by atoms with Crippen molar-refractivity contribution in [3.05, 3.63) is 22.4 Å². The van der Waals surface area contributed by atoms with Gasteiger partial charge in [0.15, 0.2) is 5.17 Å². The summed E-state index contributed by atoms with van der Waals surface area (Å²) < 4.78 is 0. The van der Waals surface area contributed by atoms with E-state index in [9.17, 15) is 0 Å². The number of thioether (sulfide) groups is 1. The third-order valence-electron chi connectivity index (χ3n) is 2.20. The third-order valence-corrected chi connectivity index (χ3v) is 4.24. The number of rotatable bonds is 3. The van der Waals surface area contributed by atoms with Crippen LogP contribution in [0.2, 0.25) is 0 Å². The van der Waals surface area contributed by atoms with E-state index in [0.29, 0.717) is 5.25 Å². The van der Waals surface area contributed by atoms with Crippen molar-refractivity contribution in [2.45, 2.75) is 25.1 Å². The smallest absolute Gasteiger partial charge is 0.157 e. The SMILES string of the molecule is CCC1CN=C(NCc2ccsc2)S1. The van der Waals surface area contributed by atoms with Gasteiger partial charge in [0.2, 0.25) is 0 Å². The van der Waals surface area contributed by atoms with E-state index < -0.39 is 0 Å². The summed E-state index contributed by atoms with van der Waals surface area (Å²) in [6, 6.07) is 2.15. The fourth-order valence-electron chi connectivity index (χ4n) is 1.30. The fourth-order valence-corrected chi connectivity index (χ4v) is 2.90. The van der Waals surface area contributed by atoms with Crippen LogP contribution in [0.25, 0.3) is 0 Å². The van der Waals surface area contributed by atoms with Crippen molar-refractivity contribution in [1.29, 1.82) is 0 Å². The molecule has 1 atom stereocenters. The van der Waals surface area contributed by atoms with Crippen LogP contribution in [-0.4, -0.2) is 17.0 Å². The van der Waals surface area contributed by atoms with Gasteiger partial charge in [-0.2, -0.15) is 11.3 Å². The average Bonchev–Trinajstić information content (AvgIpc) is 2.86. The number of hydrogen-bond donors (Lipinski definition) is 1. The van der Waals surface area contributed by atoms with E-state index in [4.69, 9.17) is 0 Å². The zero-order valence-corrected chi connectivity index (χ0v) is 9.83. The summed E-state index contributed by atoms with van der Waals surface area (Å²) in [6.07, 6.45) is 1.21. The lowest BCUT2D eigenvalue weighted by molar-refractivity contribution is 0.839. The van der Waals surface area contributed by atoms with Crippen LogP contribution in [0.3, 0.4) is 0 Å². The van der Waals surface area contributed by atoms with Gasteiger partial charge in [0.1, 0.15) is 0 Å². The van der Waals surface area contributed by atoms with Crippen LogP contribution in [0.15, 0.2) is 21.8 Å². The highest BCUT2D eigenvalue weighted by Gasteiger charge is 2.16. The molecule has 2 heterocycles. The molecule has 0 spiro atoms. The first-order valence-corrected chi connectivity index (χ1v) is 6.66. The Balaban J connectivity index is 1.77. The van der Waals surface area contributed by atoms with E-state index in [0.717, 1.165) is 18.3 Å². The minimum absolute atomic E-state index is 0.694. The van der Waals surface area contributed by atoms with Gasteiger partial charge >= 0.3 is 0 Å². The molecular weight excluding hydrogens is 212 g/mol. The number of aliphatic imine (C=N–C) groups is 1. The van der Waals surface area contributed by atoms with Crippen molar-refractivity contribution in [3.63, 3.8) is 0 Å². The van der Waals surface area contributed by atoms with E-state index in [-0.39, 0.29) is 0 Å². The molecule has 76 valence electrons. The molecular formula is C10H14N2S2. The first-order valence-electron chi connectivity index (χ1n) is 4.84. The molecule has 0 aromatic carbocycles.